The van der Waals surface area contributed by atoms with Crippen LogP contribution >= 0.6 is 27.5 Å². The molecule has 0 aliphatic carbocycles. The monoisotopic (exact) mass is 361 g/mol. The first-order valence-electron chi connectivity index (χ1n) is 6.16. The molecular formula is C16H9BrClNO2. The van der Waals surface area contributed by atoms with Gasteiger partial charge in [-0.05, 0) is 48.0 Å². The Hall–Kier alpha value is -1.91. The summed E-state index contributed by atoms with van der Waals surface area (Å²) >= 11 is 9.20. The second-order valence-electron chi connectivity index (χ2n) is 4.39. The topological polar surface area (TPSA) is 38.7 Å². The number of ether oxygens (including phenoxy) is 1. The first-order valence-corrected chi connectivity index (χ1v) is 7.33. The summed E-state index contributed by atoms with van der Waals surface area (Å²) in [6.45, 7) is 0. The van der Waals surface area contributed by atoms with Crippen LogP contribution in [0.4, 0.5) is 0 Å². The number of hydrogen-bond acceptors (Lipinski definition) is 3. The average molecular weight is 363 g/mol. The van der Waals surface area contributed by atoms with E-state index in [1.807, 2.05) is 24.3 Å². The fraction of sp³-hybridized carbons (Fsp3) is 0. The third kappa shape index (κ3) is 3.23. The summed E-state index contributed by atoms with van der Waals surface area (Å²) in [5.41, 5.74) is 1.88. The van der Waals surface area contributed by atoms with Crippen LogP contribution in [0, 0.1) is 0 Å². The molecule has 0 radical (unpaired) electrons. The molecule has 0 amide bonds. The van der Waals surface area contributed by atoms with Gasteiger partial charge in [-0.3, -0.25) is 0 Å². The van der Waals surface area contributed by atoms with Crippen molar-refractivity contribution < 1.29 is 9.53 Å². The Bertz CT molecular complexity index is 749. The molecule has 0 N–H and O–H groups in total. The summed E-state index contributed by atoms with van der Waals surface area (Å²) in [5, 5.41) is 0.620. The van der Waals surface area contributed by atoms with Crippen molar-refractivity contribution in [3.8, 4) is 0 Å². The standard InChI is InChI=1S/C16H9BrClNO2/c17-12-5-1-10(2-6-12)9-14-16(20)21-15(19-14)11-3-7-13(18)8-4-11/h1-9H. The van der Waals surface area contributed by atoms with E-state index >= 15 is 0 Å². The van der Waals surface area contributed by atoms with E-state index in [0.29, 0.717) is 16.5 Å². The molecule has 1 aliphatic rings. The first-order chi connectivity index (χ1) is 10.1. The Morgan fingerprint density at radius 2 is 1.71 bits per heavy atom. The molecule has 5 heteroatoms. The maximum absolute atomic E-state index is 11.9. The van der Waals surface area contributed by atoms with E-state index in [-0.39, 0.29) is 5.70 Å². The van der Waals surface area contributed by atoms with Crippen molar-refractivity contribution in [2.75, 3.05) is 0 Å². The predicted molar refractivity (Wildman–Crippen MR) is 86.2 cm³/mol. The van der Waals surface area contributed by atoms with Crippen molar-refractivity contribution in [1.82, 2.24) is 0 Å². The highest BCUT2D eigenvalue weighted by Crippen LogP contribution is 2.21. The predicted octanol–water partition coefficient (Wildman–Crippen LogP) is 4.45. The molecule has 0 unspecified atom stereocenters. The molecule has 2 aromatic carbocycles. The van der Waals surface area contributed by atoms with Crippen LogP contribution in [0.25, 0.3) is 6.08 Å². The molecule has 0 bridgehead atoms. The highest BCUT2D eigenvalue weighted by atomic mass is 79.9. The minimum absolute atomic E-state index is 0.280. The number of rotatable bonds is 2. The van der Waals surface area contributed by atoms with Gasteiger partial charge >= 0.3 is 5.97 Å². The minimum atomic E-state index is -0.456. The summed E-state index contributed by atoms with van der Waals surface area (Å²) in [6.07, 6.45) is 1.69. The lowest BCUT2D eigenvalue weighted by Crippen LogP contribution is -2.05. The summed E-state index contributed by atoms with van der Waals surface area (Å²) < 4.78 is 6.16. The van der Waals surface area contributed by atoms with E-state index in [4.69, 9.17) is 16.3 Å². The van der Waals surface area contributed by atoms with Crippen molar-refractivity contribution in [1.29, 1.82) is 0 Å². The number of halogens is 2. The molecule has 0 saturated carbocycles. The summed E-state index contributed by atoms with van der Waals surface area (Å²) in [4.78, 5) is 16.1. The Labute approximate surface area is 135 Å². The summed E-state index contributed by atoms with van der Waals surface area (Å²) in [6, 6.07) is 14.6. The molecule has 0 fully saturated rings. The molecule has 21 heavy (non-hydrogen) atoms. The van der Waals surface area contributed by atoms with Crippen LogP contribution in [-0.2, 0) is 9.53 Å². The molecule has 104 valence electrons. The lowest BCUT2D eigenvalue weighted by Gasteiger charge is -1.98. The van der Waals surface area contributed by atoms with Crippen molar-refractivity contribution in [2.45, 2.75) is 0 Å². The number of aliphatic imine (C=N–C) groups is 1. The van der Waals surface area contributed by atoms with Crippen LogP contribution in [-0.4, -0.2) is 11.9 Å². The number of carbonyl (C=O) groups excluding carboxylic acids is 1. The molecular weight excluding hydrogens is 354 g/mol. The zero-order chi connectivity index (χ0) is 14.8. The number of benzene rings is 2. The second kappa shape index (κ2) is 5.84. The SMILES string of the molecule is O=C1OC(c2ccc(Cl)cc2)=NC1=Cc1ccc(Br)cc1. The molecule has 1 aliphatic heterocycles. The van der Waals surface area contributed by atoms with Gasteiger partial charge in [0.15, 0.2) is 5.70 Å². The van der Waals surface area contributed by atoms with E-state index in [1.165, 1.54) is 0 Å². The van der Waals surface area contributed by atoms with Gasteiger partial charge in [0.25, 0.3) is 0 Å². The van der Waals surface area contributed by atoms with Crippen LogP contribution in [0.3, 0.4) is 0 Å². The second-order valence-corrected chi connectivity index (χ2v) is 5.75. The molecule has 1 heterocycles. The van der Waals surface area contributed by atoms with Gasteiger partial charge in [-0.25, -0.2) is 9.79 Å². The van der Waals surface area contributed by atoms with Gasteiger partial charge in [0.2, 0.25) is 5.90 Å². The number of cyclic esters (lactones) is 1. The van der Waals surface area contributed by atoms with Crippen LogP contribution in [0.15, 0.2) is 63.7 Å². The van der Waals surface area contributed by atoms with Crippen molar-refractivity contribution in [3.63, 3.8) is 0 Å². The van der Waals surface area contributed by atoms with Gasteiger partial charge in [0.1, 0.15) is 0 Å². The zero-order valence-corrected chi connectivity index (χ0v) is 13.1. The van der Waals surface area contributed by atoms with Gasteiger partial charge in [0.05, 0.1) is 0 Å². The Morgan fingerprint density at radius 1 is 1.05 bits per heavy atom. The quantitative estimate of drug-likeness (QED) is 0.585. The molecule has 0 aromatic heterocycles. The smallest absolute Gasteiger partial charge is 0.363 e. The fourth-order valence-corrected chi connectivity index (χ4v) is 2.23. The molecule has 0 atom stereocenters. The maximum Gasteiger partial charge on any atom is 0.363 e. The number of carbonyl (C=O) groups is 1. The van der Waals surface area contributed by atoms with Gasteiger partial charge < -0.3 is 4.74 Å². The molecule has 2 aromatic rings. The van der Waals surface area contributed by atoms with Gasteiger partial charge in [-0.15, -0.1) is 0 Å². The average Bonchev–Trinajstić information content (AvgIpc) is 2.83. The van der Waals surface area contributed by atoms with E-state index in [2.05, 4.69) is 20.9 Å². The van der Waals surface area contributed by atoms with Crippen LogP contribution in [0.1, 0.15) is 11.1 Å². The largest absolute Gasteiger partial charge is 0.402 e. The van der Waals surface area contributed by atoms with E-state index in [9.17, 15) is 4.79 Å². The molecule has 3 nitrogen and oxygen atoms in total. The molecule has 3 rings (SSSR count). The zero-order valence-electron chi connectivity index (χ0n) is 10.7. The van der Waals surface area contributed by atoms with Gasteiger partial charge in [-0.2, -0.15) is 0 Å². The number of hydrogen-bond donors (Lipinski definition) is 0. The first kappa shape index (κ1) is 14.0. The lowest BCUT2D eigenvalue weighted by molar-refractivity contribution is -0.129. The third-order valence-electron chi connectivity index (χ3n) is 2.89. The highest BCUT2D eigenvalue weighted by Gasteiger charge is 2.23. The lowest BCUT2D eigenvalue weighted by atomic mass is 10.2. The third-order valence-corrected chi connectivity index (χ3v) is 3.67. The van der Waals surface area contributed by atoms with Gasteiger partial charge in [-0.1, -0.05) is 39.7 Å². The molecule has 0 saturated heterocycles. The Balaban J connectivity index is 1.91. The van der Waals surface area contributed by atoms with Crippen molar-refractivity contribution in [3.05, 3.63) is 74.9 Å². The van der Waals surface area contributed by atoms with Crippen LogP contribution in [0.2, 0.25) is 5.02 Å². The Morgan fingerprint density at radius 3 is 2.38 bits per heavy atom. The van der Waals surface area contributed by atoms with Gasteiger partial charge in [0, 0.05) is 15.1 Å². The van der Waals surface area contributed by atoms with Crippen molar-refractivity contribution >= 4 is 45.5 Å². The Kier molecular flexibility index (Phi) is 3.90. The summed E-state index contributed by atoms with van der Waals surface area (Å²) in [5.74, 6) is -0.164. The van der Waals surface area contributed by atoms with E-state index in [0.717, 1.165) is 10.0 Å². The highest BCUT2D eigenvalue weighted by molar-refractivity contribution is 9.10. The van der Waals surface area contributed by atoms with Crippen LogP contribution < -0.4 is 0 Å². The van der Waals surface area contributed by atoms with E-state index in [1.54, 1.807) is 30.3 Å². The summed E-state index contributed by atoms with van der Waals surface area (Å²) in [7, 11) is 0. The molecule has 0 spiro atoms. The van der Waals surface area contributed by atoms with E-state index < -0.39 is 5.97 Å². The minimum Gasteiger partial charge on any atom is -0.402 e. The number of nitrogens with zero attached hydrogens (tertiary/aromatic N) is 1. The number of esters is 1. The fourth-order valence-electron chi connectivity index (χ4n) is 1.84. The normalized spacial score (nSPS) is 16.0. The van der Waals surface area contributed by atoms with Crippen LogP contribution in [0.5, 0.6) is 0 Å². The van der Waals surface area contributed by atoms with Crippen molar-refractivity contribution in [2.24, 2.45) is 4.99 Å². The maximum atomic E-state index is 11.9.